The highest BCUT2D eigenvalue weighted by Gasteiger charge is 2.26. The van der Waals surface area contributed by atoms with Gasteiger partial charge in [0.2, 0.25) is 0 Å². The van der Waals surface area contributed by atoms with E-state index in [9.17, 15) is 4.79 Å². The lowest BCUT2D eigenvalue weighted by molar-refractivity contribution is -0.137. The number of nitrogens with zero attached hydrogens (tertiary/aromatic N) is 4. The highest BCUT2D eigenvalue weighted by Crippen LogP contribution is 2.21. The molecule has 1 amide bonds. The van der Waals surface area contributed by atoms with E-state index in [-0.39, 0.29) is 18.6 Å². The number of hydrogen-bond donors (Lipinski definition) is 0. The van der Waals surface area contributed by atoms with Crippen molar-refractivity contribution in [1.29, 1.82) is 0 Å². The van der Waals surface area contributed by atoms with E-state index in [4.69, 9.17) is 4.74 Å². The van der Waals surface area contributed by atoms with Crippen molar-refractivity contribution >= 4 is 5.91 Å². The summed E-state index contributed by atoms with van der Waals surface area (Å²) in [7, 11) is 0. The first-order valence-electron chi connectivity index (χ1n) is 10.2. The number of ether oxygens (including phenoxy) is 1. The van der Waals surface area contributed by atoms with Crippen molar-refractivity contribution in [3.63, 3.8) is 0 Å². The van der Waals surface area contributed by atoms with Crippen LogP contribution in [0.2, 0.25) is 0 Å². The number of hydrogen-bond acceptors (Lipinski definition) is 4. The first-order chi connectivity index (χ1) is 14.3. The molecule has 1 aromatic heterocycles. The molecule has 2 heterocycles. The lowest BCUT2D eigenvalue weighted by Crippen LogP contribution is -2.46. The van der Waals surface area contributed by atoms with Gasteiger partial charge >= 0.3 is 0 Å². The van der Waals surface area contributed by atoms with Crippen LogP contribution in [0.25, 0.3) is 11.3 Å². The van der Waals surface area contributed by atoms with Gasteiger partial charge in [0, 0.05) is 24.7 Å². The van der Waals surface area contributed by atoms with Gasteiger partial charge in [0.05, 0.1) is 6.20 Å². The fraction of sp³-hybridized carbons (Fsp3) is 0.348. The number of likely N-dealkylation sites (tertiary alicyclic amines) is 1. The van der Waals surface area contributed by atoms with Gasteiger partial charge in [-0.1, -0.05) is 53.7 Å². The average molecular weight is 390 g/mol. The summed E-state index contributed by atoms with van der Waals surface area (Å²) in [6, 6.07) is 19.8. The molecular formula is C23H26N4O2. The molecule has 1 aliphatic rings. The molecule has 0 aliphatic carbocycles. The molecule has 1 atom stereocenters. The minimum Gasteiger partial charge on any atom is -0.484 e. The van der Waals surface area contributed by atoms with Crippen molar-refractivity contribution < 1.29 is 9.53 Å². The minimum absolute atomic E-state index is 0.0575. The monoisotopic (exact) mass is 390 g/mol. The van der Waals surface area contributed by atoms with Crippen molar-refractivity contribution in [3.8, 4) is 17.0 Å². The highest BCUT2D eigenvalue weighted by atomic mass is 16.5. The summed E-state index contributed by atoms with van der Waals surface area (Å²) in [6.07, 6.45) is 6.07. The molecule has 6 heteroatoms. The molecule has 150 valence electrons. The quantitative estimate of drug-likeness (QED) is 0.616. The number of carbonyl (C=O) groups excluding carboxylic acids is 1. The maximum atomic E-state index is 12.7. The van der Waals surface area contributed by atoms with Crippen LogP contribution < -0.4 is 4.74 Å². The molecule has 1 aliphatic heterocycles. The molecule has 3 aromatic rings. The zero-order valence-corrected chi connectivity index (χ0v) is 16.5. The second-order valence-corrected chi connectivity index (χ2v) is 7.36. The predicted molar refractivity (Wildman–Crippen MR) is 111 cm³/mol. The highest BCUT2D eigenvalue weighted by molar-refractivity contribution is 5.78. The minimum atomic E-state index is 0.0575. The number of piperidine rings is 1. The zero-order chi connectivity index (χ0) is 19.9. The molecule has 0 saturated carbocycles. The Hall–Kier alpha value is -3.15. The lowest BCUT2D eigenvalue weighted by atomic mass is 9.99. The molecule has 29 heavy (non-hydrogen) atoms. The molecule has 1 unspecified atom stereocenters. The van der Waals surface area contributed by atoms with Crippen molar-refractivity contribution in [3.05, 3.63) is 66.9 Å². The summed E-state index contributed by atoms with van der Waals surface area (Å²) in [4.78, 5) is 14.7. The van der Waals surface area contributed by atoms with Gasteiger partial charge in [-0.05, 0) is 37.8 Å². The van der Waals surface area contributed by atoms with Crippen molar-refractivity contribution in [1.82, 2.24) is 19.9 Å². The normalized spacial score (nSPS) is 16.6. The summed E-state index contributed by atoms with van der Waals surface area (Å²) in [5.41, 5.74) is 1.93. The topological polar surface area (TPSA) is 60.2 Å². The van der Waals surface area contributed by atoms with Gasteiger partial charge in [-0.3, -0.25) is 9.48 Å². The Morgan fingerprint density at radius 2 is 1.79 bits per heavy atom. The smallest absolute Gasteiger partial charge is 0.260 e. The molecule has 1 fully saturated rings. The van der Waals surface area contributed by atoms with E-state index in [1.54, 1.807) is 0 Å². The number of rotatable bonds is 7. The Kier molecular flexibility index (Phi) is 6.19. The zero-order valence-electron chi connectivity index (χ0n) is 16.5. The SMILES string of the molecule is O=C(COc1ccccc1)N1CCCCC1CCn1cc(-c2ccccc2)nn1. The summed E-state index contributed by atoms with van der Waals surface area (Å²) < 4.78 is 7.54. The van der Waals surface area contributed by atoms with Gasteiger partial charge in [0.1, 0.15) is 11.4 Å². The second-order valence-electron chi connectivity index (χ2n) is 7.36. The van der Waals surface area contributed by atoms with Crippen LogP contribution in [0, 0.1) is 0 Å². The van der Waals surface area contributed by atoms with Crippen LogP contribution >= 0.6 is 0 Å². The van der Waals surface area contributed by atoms with E-state index in [0.29, 0.717) is 0 Å². The number of benzene rings is 2. The lowest BCUT2D eigenvalue weighted by Gasteiger charge is -2.35. The molecule has 0 bridgehead atoms. The van der Waals surface area contributed by atoms with Crippen LogP contribution in [-0.4, -0.2) is 45.0 Å². The van der Waals surface area contributed by atoms with Gasteiger partial charge in [-0.25, -0.2) is 0 Å². The number of para-hydroxylation sites is 1. The van der Waals surface area contributed by atoms with Crippen LogP contribution in [0.3, 0.4) is 0 Å². The van der Waals surface area contributed by atoms with Crippen LogP contribution in [-0.2, 0) is 11.3 Å². The Morgan fingerprint density at radius 3 is 2.59 bits per heavy atom. The van der Waals surface area contributed by atoms with Gasteiger partial charge < -0.3 is 9.64 Å². The third-order valence-corrected chi connectivity index (χ3v) is 5.35. The predicted octanol–water partition coefficient (Wildman–Crippen LogP) is 3.80. The molecule has 0 radical (unpaired) electrons. The molecule has 0 spiro atoms. The standard InChI is InChI=1S/C23H26N4O2/c28-23(18-29-21-12-5-2-6-13-21)27-15-8-7-11-20(27)14-16-26-17-22(24-25-26)19-9-3-1-4-10-19/h1-6,9-10,12-13,17,20H,7-8,11,14-16,18H2. The molecular weight excluding hydrogens is 364 g/mol. The van der Waals surface area contributed by atoms with Crippen LogP contribution in [0.4, 0.5) is 0 Å². The van der Waals surface area contributed by atoms with E-state index in [2.05, 4.69) is 10.3 Å². The molecule has 4 rings (SSSR count). The summed E-state index contributed by atoms with van der Waals surface area (Å²) in [5.74, 6) is 0.785. The summed E-state index contributed by atoms with van der Waals surface area (Å²) >= 11 is 0. The largest absolute Gasteiger partial charge is 0.484 e. The Balaban J connectivity index is 1.33. The average Bonchev–Trinajstić information content (AvgIpc) is 3.27. The Morgan fingerprint density at radius 1 is 1.03 bits per heavy atom. The maximum Gasteiger partial charge on any atom is 0.260 e. The van der Waals surface area contributed by atoms with Crippen LogP contribution in [0.15, 0.2) is 66.9 Å². The number of carbonyl (C=O) groups is 1. The van der Waals surface area contributed by atoms with Crippen molar-refractivity contribution in [2.75, 3.05) is 13.2 Å². The Bertz CT molecular complexity index is 911. The summed E-state index contributed by atoms with van der Waals surface area (Å²) in [6.45, 7) is 1.63. The fourth-order valence-electron chi connectivity index (χ4n) is 3.80. The first-order valence-corrected chi connectivity index (χ1v) is 10.2. The molecule has 0 N–H and O–H groups in total. The van der Waals surface area contributed by atoms with Crippen molar-refractivity contribution in [2.24, 2.45) is 0 Å². The third kappa shape index (κ3) is 5.02. The van der Waals surface area contributed by atoms with Crippen LogP contribution in [0.1, 0.15) is 25.7 Å². The van der Waals surface area contributed by atoms with Crippen LogP contribution in [0.5, 0.6) is 5.75 Å². The number of aryl methyl sites for hydroxylation is 1. The molecule has 6 nitrogen and oxygen atoms in total. The third-order valence-electron chi connectivity index (χ3n) is 5.35. The summed E-state index contributed by atoms with van der Waals surface area (Å²) in [5, 5.41) is 8.54. The van der Waals surface area contributed by atoms with E-state index < -0.39 is 0 Å². The maximum absolute atomic E-state index is 12.7. The van der Waals surface area contributed by atoms with Gasteiger partial charge in [0.25, 0.3) is 5.91 Å². The number of aromatic nitrogens is 3. The van der Waals surface area contributed by atoms with Gasteiger partial charge in [-0.2, -0.15) is 0 Å². The second kappa shape index (κ2) is 9.37. The van der Waals surface area contributed by atoms with Crippen molar-refractivity contribution in [2.45, 2.75) is 38.3 Å². The van der Waals surface area contributed by atoms with E-state index in [1.165, 1.54) is 0 Å². The van der Waals surface area contributed by atoms with E-state index >= 15 is 0 Å². The van der Waals surface area contributed by atoms with Gasteiger partial charge in [-0.15, -0.1) is 5.10 Å². The molecule has 2 aromatic carbocycles. The fourth-order valence-corrected chi connectivity index (χ4v) is 3.80. The molecule has 1 saturated heterocycles. The first kappa shape index (κ1) is 19.2. The number of amides is 1. The van der Waals surface area contributed by atoms with E-state index in [1.807, 2.05) is 76.4 Å². The Labute approximate surface area is 171 Å². The van der Waals surface area contributed by atoms with Gasteiger partial charge in [0.15, 0.2) is 6.61 Å². The van der Waals surface area contributed by atoms with E-state index in [0.717, 1.165) is 55.8 Å².